The molecule has 7 heteroatoms. The van der Waals surface area contributed by atoms with Crippen molar-refractivity contribution in [2.75, 3.05) is 10.7 Å². The molecule has 0 saturated carbocycles. The minimum absolute atomic E-state index is 0.0599. The molecule has 0 fully saturated rings. The Morgan fingerprint density at radius 1 is 1.35 bits per heavy atom. The molecule has 0 spiro atoms. The lowest BCUT2D eigenvalue weighted by Gasteiger charge is -2.15. The second kappa shape index (κ2) is 5.14. The third kappa shape index (κ3) is 2.26. The summed E-state index contributed by atoms with van der Waals surface area (Å²) in [5, 5.41) is 3.33. The Labute approximate surface area is 115 Å². The summed E-state index contributed by atoms with van der Waals surface area (Å²) in [6.45, 7) is 2.04. The molecule has 3 rings (SSSR count). The molecule has 0 bridgehead atoms. The van der Waals surface area contributed by atoms with E-state index >= 15 is 0 Å². The Morgan fingerprint density at radius 2 is 2.25 bits per heavy atom. The first-order valence-electron chi connectivity index (χ1n) is 6.24. The van der Waals surface area contributed by atoms with E-state index in [2.05, 4.69) is 25.7 Å². The summed E-state index contributed by atoms with van der Waals surface area (Å²) in [5.74, 6) is 6.67. The molecule has 4 N–H and O–H groups in total. The standard InChI is InChI=1S/C13H15N7/c1-9(10-3-2-4-15-7-10)17-12-13-16-5-6-20(13)8-11(18-12)19-14/h2-9,19H,14H2,1H3,(H,17,18). The molecule has 3 aromatic rings. The van der Waals surface area contributed by atoms with Gasteiger partial charge in [-0.3, -0.25) is 4.98 Å². The van der Waals surface area contributed by atoms with Gasteiger partial charge in [0.1, 0.15) is 0 Å². The average Bonchev–Trinajstić information content (AvgIpc) is 2.96. The summed E-state index contributed by atoms with van der Waals surface area (Å²) >= 11 is 0. The fourth-order valence-corrected chi connectivity index (χ4v) is 2.02. The minimum Gasteiger partial charge on any atom is -0.360 e. The molecular formula is C13H15N7. The van der Waals surface area contributed by atoms with Gasteiger partial charge in [-0.15, -0.1) is 0 Å². The summed E-state index contributed by atoms with van der Waals surface area (Å²) in [7, 11) is 0. The van der Waals surface area contributed by atoms with Gasteiger partial charge in [0.2, 0.25) is 0 Å². The fourth-order valence-electron chi connectivity index (χ4n) is 2.02. The van der Waals surface area contributed by atoms with Crippen LogP contribution in [0.3, 0.4) is 0 Å². The number of hydrazine groups is 1. The monoisotopic (exact) mass is 269 g/mol. The Kier molecular flexibility index (Phi) is 3.18. The number of imidazole rings is 1. The molecule has 0 aliphatic rings. The number of nitrogen functional groups attached to an aromatic ring is 1. The number of anilines is 2. The predicted molar refractivity (Wildman–Crippen MR) is 77.1 cm³/mol. The molecule has 0 radical (unpaired) electrons. The zero-order valence-electron chi connectivity index (χ0n) is 11.0. The van der Waals surface area contributed by atoms with Crippen LogP contribution < -0.4 is 16.6 Å². The Balaban J connectivity index is 1.95. The first-order valence-corrected chi connectivity index (χ1v) is 6.24. The third-order valence-electron chi connectivity index (χ3n) is 3.06. The van der Waals surface area contributed by atoms with Crippen LogP contribution in [0, 0.1) is 0 Å². The molecule has 102 valence electrons. The van der Waals surface area contributed by atoms with Gasteiger partial charge >= 0.3 is 0 Å². The third-order valence-corrected chi connectivity index (χ3v) is 3.06. The minimum atomic E-state index is 0.0599. The second-order valence-electron chi connectivity index (χ2n) is 4.43. The van der Waals surface area contributed by atoms with Crippen LogP contribution in [-0.4, -0.2) is 19.4 Å². The van der Waals surface area contributed by atoms with Crippen molar-refractivity contribution >= 4 is 17.3 Å². The first-order chi connectivity index (χ1) is 9.78. The topological polar surface area (TPSA) is 93.2 Å². The summed E-state index contributed by atoms with van der Waals surface area (Å²) < 4.78 is 1.86. The fraction of sp³-hybridized carbons (Fsp3) is 0.154. The Morgan fingerprint density at radius 3 is 3.00 bits per heavy atom. The molecule has 7 nitrogen and oxygen atoms in total. The number of nitrogens with one attached hydrogen (secondary N) is 2. The van der Waals surface area contributed by atoms with Crippen molar-refractivity contribution in [1.29, 1.82) is 0 Å². The van der Waals surface area contributed by atoms with Crippen LogP contribution in [0.25, 0.3) is 5.65 Å². The molecule has 20 heavy (non-hydrogen) atoms. The zero-order chi connectivity index (χ0) is 13.9. The number of pyridine rings is 1. The Hall–Kier alpha value is -2.67. The van der Waals surface area contributed by atoms with Crippen LogP contribution in [0.2, 0.25) is 0 Å². The van der Waals surface area contributed by atoms with Crippen LogP contribution in [0.4, 0.5) is 11.6 Å². The van der Waals surface area contributed by atoms with E-state index in [0.29, 0.717) is 11.6 Å². The van der Waals surface area contributed by atoms with E-state index in [0.717, 1.165) is 11.2 Å². The highest BCUT2D eigenvalue weighted by Crippen LogP contribution is 2.21. The number of hydrogen-bond donors (Lipinski definition) is 3. The molecule has 1 unspecified atom stereocenters. The molecule has 1 atom stereocenters. The van der Waals surface area contributed by atoms with Crippen LogP contribution >= 0.6 is 0 Å². The number of fused-ring (bicyclic) bond motifs is 1. The van der Waals surface area contributed by atoms with Gasteiger partial charge in [0.05, 0.1) is 12.2 Å². The largest absolute Gasteiger partial charge is 0.360 e. The van der Waals surface area contributed by atoms with Gasteiger partial charge in [-0.2, -0.15) is 0 Å². The summed E-state index contributed by atoms with van der Waals surface area (Å²) in [6.07, 6.45) is 8.92. The van der Waals surface area contributed by atoms with Gasteiger partial charge in [-0.25, -0.2) is 15.8 Å². The number of nitrogens with two attached hydrogens (primary N) is 1. The van der Waals surface area contributed by atoms with Crippen molar-refractivity contribution in [2.24, 2.45) is 5.84 Å². The lowest BCUT2D eigenvalue weighted by molar-refractivity contribution is 0.864. The summed E-state index contributed by atoms with van der Waals surface area (Å²) in [6, 6.07) is 3.98. The number of nitrogens with zero attached hydrogens (tertiary/aromatic N) is 4. The normalized spacial score (nSPS) is 12.3. The van der Waals surface area contributed by atoms with Crippen molar-refractivity contribution in [3.05, 3.63) is 48.7 Å². The van der Waals surface area contributed by atoms with Gasteiger partial charge in [-0.1, -0.05) is 6.07 Å². The highest BCUT2D eigenvalue weighted by Gasteiger charge is 2.11. The molecule has 0 aromatic carbocycles. The maximum absolute atomic E-state index is 5.44. The Bertz CT molecular complexity index is 707. The summed E-state index contributed by atoms with van der Waals surface area (Å²) in [4.78, 5) is 12.8. The quantitative estimate of drug-likeness (QED) is 0.492. The smallest absolute Gasteiger partial charge is 0.180 e. The van der Waals surface area contributed by atoms with Crippen molar-refractivity contribution < 1.29 is 0 Å². The van der Waals surface area contributed by atoms with Crippen LogP contribution in [-0.2, 0) is 0 Å². The van der Waals surface area contributed by atoms with Gasteiger partial charge in [0.25, 0.3) is 0 Å². The van der Waals surface area contributed by atoms with E-state index in [4.69, 9.17) is 5.84 Å². The van der Waals surface area contributed by atoms with Crippen molar-refractivity contribution in [2.45, 2.75) is 13.0 Å². The van der Waals surface area contributed by atoms with Gasteiger partial charge in [-0.05, 0) is 18.6 Å². The second-order valence-corrected chi connectivity index (χ2v) is 4.43. The van der Waals surface area contributed by atoms with E-state index in [1.165, 1.54) is 0 Å². The molecule has 0 aliphatic carbocycles. The zero-order valence-corrected chi connectivity index (χ0v) is 11.0. The highest BCUT2D eigenvalue weighted by atomic mass is 15.3. The van der Waals surface area contributed by atoms with Crippen molar-refractivity contribution in [3.8, 4) is 0 Å². The molecular weight excluding hydrogens is 254 g/mol. The van der Waals surface area contributed by atoms with Gasteiger partial charge < -0.3 is 15.1 Å². The number of rotatable bonds is 4. The molecule has 3 aromatic heterocycles. The molecule has 0 amide bonds. The maximum Gasteiger partial charge on any atom is 0.180 e. The van der Waals surface area contributed by atoms with E-state index in [-0.39, 0.29) is 6.04 Å². The maximum atomic E-state index is 5.44. The lowest BCUT2D eigenvalue weighted by Crippen LogP contribution is -2.14. The molecule has 3 heterocycles. The van der Waals surface area contributed by atoms with Crippen LogP contribution in [0.1, 0.15) is 18.5 Å². The van der Waals surface area contributed by atoms with Crippen molar-refractivity contribution in [1.82, 2.24) is 19.4 Å². The van der Waals surface area contributed by atoms with Gasteiger partial charge in [0, 0.05) is 24.8 Å². The van der Waals surface area contributed by atoms with Crippen LogP contribution in [0.5, 0.6) is 0 Å². The molecule has 0 saturated heterocycles. The van der Waals surface area contributed by atoms with E-state index in [1.807, 2.05) is 35.9 Å². The number of aromatic nitrogens is 4. The number of hydrogen-bond acceptors (Lipinski definition) is 6. The predicted octanol–water partition coefficient (Wildman–Crippen LogP) is 1.58. The highest BCUT2D eigenvalue weighted by molar-refractivity contribution is 5.65. The SMILES string of the molecule is CC(Nc1nc(NN)cn2ccnc12)c1cccnc1. The van der Waals surface area contributed by atoms with E-state index in [1.54, 1.807) is 18.6 Å². The lowest BCUT2D eigenvalue weighted by atomic mass is 10.1. The average molecular weight is 269 g/mol. The molecule has 0 aliphatic heterocycles. The van der Waals surface area contributed by atoms with Gasteiger partial charge in [0.15, 0.2) is 17.3 Å². The summed E-state index contributed by atoms with van der Waals surface area (Å²) in [5.41, 5.74) is 4.37. The van der Waals surface area contributed by atoms with Crippen molar-refractivity contribution in [3.63, 3.8) is 0 Å². The van der Waals surface area contributed by atoms with E-state index < -0.39 is 0 Å². The van der Waals surface area contributed by atoms with Crippen LogP contribution in [0.15, 0.2) is 43.1 Å². The van der Waals surface area contributed by atoms with E-state index in [9.17, 15) is 0 Å². The first kappa shape index (κ1) is 12.4.